The number of carbonyl (C=O) groups excluding carboxylic acids is 1. The molecule has 3 aromatic rings. The minimum absolute atomic E-state index is 0.280. The third-order valence-electron chi connectivity index (χ3n) is 3.48. The fraction of sp³-hybridized carbons (Fsp3) is 0. The first kappa shape index (κ1) is 16.6. The number of aromatic nitrogens is 2. The van der Waals surface area contributed by atoms with Crippen LogP contribution in [0.15, 0.2) is 60.9 Å². The van der Waals surface area contributed by atoms with Gasteiger partial charge in [0.25, 0.3) is 5.91 Å². The van der Waals surface area contributed by atoms with Crippen molar-refractivity contribution in [2.24, 2.45) is 0 Å². The monoisotopic (exact) mass is 340 g/mol. The molecule has 2 N–H and O–H groups in total. The molecule has 7 nitrogen and oxygen atoms in total. The molecule has 0 atom stereocenters. The van der Waals surface area contributed by atoms with Crippen LogP contribution in [-0.4, -0.2) is 15.9 Å². The molecule has 0 bridgehead atoms. The third-order valence-corrected chi connectivity index (χ3v) is 3.48. The molecule has 0 spiro atoms. The lowest BCUT2D eigenvalue weighted by Crippen LogP contribution is -2.13. The fourth-order valence-electron chi connectivity index (χ4n) is 2.15. The Balaban J connectivity index is 1.69. The molecular weight excluding hydrogens is 328 g/mol. The number of amides is 1. The van der Waals surface area contributed by atoms with Gasteiger partial charge in [0, 0.05) is 18.1 Å². The summed E-state index contributed by atoms with van der Waals surface area (Å²) >= 11 is 0. The number of benzene rings is 2. The lowest BCUT2D eigenvalue weighted by molar-refractivity contribution is 0.102. The van der Waals surface area contributed by atoms with Crippen molar-refractivity contribution in [3.8, 4) is 12.1 Å². The van der Waals surface area contributed by atoms with E-state index in [9.17, 15) is 4.79 Å². The summed E-state index contributed by atoms with van der Waals surface area (Å²) in [5, 5.41) is 23.5. The molecule has 26 heavy (non-hydrogen) atoms. The molecule has 3 rings (SSSR count). The third kappa shape index (κ3) is 3.81. The number of nitriles is 2. The summed E-state index contributed by atoms with van der Waals surface area (Å²) in [6, 6.07) is 17.6. The number of carbonyl (C=O) groups is 1. The van der Waals surface area contributed by atoms with Gasteiger partial charge in [0.2, 0.25) is 5.95 Å². The minimum Gasteiger partial charge on any atom is -0.323 e. The second-order valence-electron chi connectivity index (χ2n) is 5.22. The number of anilines is 3. The predicted molar refractivity (Wildman–Crippen MR) is 95.6 cm³/mol. The zero-order chi connectivity index (χ0) is 18.4. The Bertz CT molecular complexity index is 1010. The summed E-state index contributed by atoms with van der Waals surface area (Å²) in [5.74, 6) is -0.0821. The van der Waals surface area contributed by atoms with E-state index in [2.05, 4.69) is 26.7 Å². The second kappa shape index (κ2) is 7.56. The molecule has 0 radical (unpaired) electrons. The van der Waals surface area contributed by atoms with Crippen molar-refractivity contribution in [1.82, 2.24) is 9.97 Å². The van der Waals surface area contributed by atoms with Crippen LogP contribution in [-0.2, 0) is 0 Å². The van der Waals surface area contributed by atoms with Gasteiger partial charge in [-0.25, -0.2) is 9.97 Å². The molecule has 2 aromatic carbocycles. The molecule has 0 aliphatic rings. The Kier molecular flexibility index (Phi) is 4.83. The lowest BCUT2D eigenvalue weighted by atomic mass is 10.2. The summed E-state index contributed by atoms with van der Waals surface area (Å²) < 4.78 is 0. The first-order valence-corrected chi connectivity index (χ1v) is 7.59. The van der Waals surface area contributed by atoms with E-state index >= 15 is 0 Å². The van der Waals surface area contributed by atoms with E-state index in [-0.39, 0.29) is 17.4 Å². The zero-order valence-electron chi connectivity index (χ0n) is 13.5. The van der Waals surface area contributed by atoms with Gasteiger partial charge in [-0.05, 0) is 36.4 Å². The van der Waals surface area contributed by atoms with Crippen LogP contribution in [0.5, 0.6) is 0 Å². The van der Waals surface area contributed by atoms with E-state index in [0.29, 0.717) is 22.5 Å². The number of hydrogen-bond acceptors (Lipinski definition) is 6. The van der Waals surface area contributed by atoms with Crippen molar-refractivity contribution in [2.75, 3.05) is 10.6 Å². The van der Waals surface area contributed by atoms with Crippen LogP contribution in [0, 0.1) is 22.7 Å². The fourth-order valence-corrected chi connectivity index (χ4v) is 2.15. The highest BCUT2D eigenvalue weighted by molar-refractivity contribution is 6.03. The number of nitrogens with one attached hydrogen (secondary N) is 2. The van der Waals surface area contributed by atoms with E-state index in [0.717, 1.165) is 0 Å². The first-order chi connectivity index (χ1) is 12.7. The molecule has 0 fully saturated rings. The average molecular weight is 340 g/mol. The summed E-state index contributed by atoms with van der Waals surface area (Å²) in [7, 11) is 0. The molecule has 1 heterocycles. The Labute approximate surface area is 149 Å². The van der Waals surface area contributed by atoms with Crippen LogP contribution in [0.3, 0.4) is 0 Å². The van der Waals surface area contributed by atoms with Crippen molar-refractivity contribution in [1.29, 1.82) is 10.5 Å². The van der Waals surface area contributed by atoms with Gasteiger partial charge in [0.15, 0.2) is 0 Å². The quantitative estimate of drug-likeness (QED) is 0.753. The second-order valence-corrected chi connectivity index (χ2v) is 5.22. The maximum Gasteiger partial charge on any atom is 0.258 e. The minimum atomic E-state index is -0.362. The molecule has 124 valence electrons. The Morgan fingerprint density at radius 3 is 2.27 bits per heavy atom. The van der Waals surface area contributed by atoms with Crippen molar-refractivity contribution in [2.45, 2.75) is 0 Å². The maximum atomic E-state index is 12.2. The van der Waals surface area contributed by atoms with Gasteiger partial charge >= 0.3 is 0 Å². The molecule has 0 aliphatic heterocycles. The highest BCUT2D eigenvalue weighted by Crippen LogP contribution is 2.17. The molecular formula is C19H12N6O. The van der Waals surface area contributed by atoms with E-state index in [1.54, 1.807) is 48.5 Å². The number of hydrogen-bond donors (Lipinski definition) is 2. The van der Waals surface area contributed by atoms with Gasteiger partial charge in [0.05, 0.1) is 28.4 Å². The Morgan fingerprint density at radius 1 is 0.923 bits per heavy atom. The van der Waals surface area contributed by atoms with Crippen molar-refractivity contribution in [3.63, 3.8) is 0 Å². The predicted octanol–water partition coefficient (Wildman–Crippen LogP) is 3.22. The summed E-state index contributed by atoms with van der Waals surface area (Å²) in [6.07, 6.45) is 2.78. The molecule has 0 saturated heterocycles. The van der Waals surface area contributed by atoms with Crippen molar-refractivity contribution >= 4 is 23.2 Å². The molecule has 0 unspecified atom stereocenters. The van der Waals surface area contributed by atoms with E-state index in [1.165, 1.54) is 12.4 Å². The lowest BCUT2D eigenvalue weighted by Gasteiger charge is -2.07. The van der Waals surface area contributed by atoms with Crippen LogP contribution in [0.1, 0.15) is 21.5 Å². The molecule has 1 amide bonds. The van der Waals surface area contributed by atoms with Crippen molar-refractivity contribution in [3.05, 3.63) is 77.6 Å². The van der Waals surface area contributed by atoms with Gasteiger partial charge in [-0.15, -0.1) is 0 Å². The van der Waals surface area contributed by atoms with Crippen molar-refractivity contribution < 1.29 is 4.79 Å². The molecule has 0 aliphatic carbocycles. The molecule has 7 heteroatoms. The summed E-state index contributed by atoms with van der Waals surface area (Å²) in [4.78, 5) is 20.4. The molecule has 0 saturated carbocycles. The van der Waals surface area contributed by atoms with Crippen LogP contribution >= 0.6 is 0 Å². The zero-order valence-corrected chi connectivity index (χ0v) is 13.5. The van der Waals surface area contributed by atoms with Gasteiger partial charge in [-0.3, -0.25) is 4.79 Å². The summed E-state index contributed by atoms with van der Waals surface area (Å²) in [5.41, 5.74) is 2.43. The number of nitrogens with zero attached hydrogens (tertiary/aromatic N) is 4. The van der Waals surface area contributed by atoms with E-state index < -0.39 is 0 Å². The average Bonchev–Trinajstić information content (AvgIpc) is 2.69. The highest BCUT2D eigenvalue weighted by Gasteiger charge is 2.09. The summed E-state index contributed by atoms with van der Waals surface area (Å²) in [6.45, 7) is 0. The van der Waals surface area contributed by atoms with Gasteiger partial charge in [0.1, 0.15) is 6.07 Å². The number of rotatable bonds is 4. The smallest absolute Gasteiger partial charge is 0.258 e. The van der Waals surface area contributed by atoms with Crippen LogP contribution in [0.25, 0.3) is 0 Å². The Hall–Kier alpha value is -4.23. The van der Waals surface area contributed by atoms with Crippen LogP contribution in [0.2, 0.25) is 0 Å². The normalized spacial score (nSPS) is 9.62. The van der Waals surface area contributed by atoms with Gasteiger partial charge in [-0.2, -0.15) is 10.5 Å². The van der Waals surface area contributed by atoms with Gasteiger partial charge in [-0.1, -0.05) is 12.1 Å². The maximum absolute atomic E-state index is 12.2. The van der Waals surface area contributed by atoms with Crippen LogP contribution in [0.4, 0.5) is 17.3 Å². The first-order valence-electron chi connectivity index (χ1n) is 7.59. The molecule has 1 aromatic heterocycles. The van der Waals surface area contributed by atoms with E-state index in [1.807, 2.05) is 6.07 Å². The Morgan fingerprint density at radius 2 is 1.62 bits per heavy atom. The number of para-hydroxylation sites is 1. The highest BCUT2D eigenvalue weighted by atomic mass is 16.1. The van der Waals surface area contributed by atoms with Gasteiger partial charge < -0.3 is 10.6 Å². The standard InChI is InChI=1S/C19H12N6O/c20-9-13-5-7-16(8-6-13)24-18(26)15-11-22-19(23-12-15)25-17-4-2-1-3-14(17)10-21/h1-8,11-12H,(H,24,26)(H,22,23,25). The largest absolute Gasteiger partial charge is 0.323 e. The topological polar surface area (TPSA) is 114 Å². The van der Waals surface area contributed by atoms with E-state index in [4.69, 9.17) is 10.5 Å². The van der Waals surface area contributed by atoms with Crippen LogP contribution < -0.4 is 10.6 Å². The SMILES string of the molecule is N#Cc1ccc(NC(=O)c2cnc(Nc3ccccc3C#N)nc2)cc1.